The van der Waals surface area contributed by atoms with Gasteiger partial charge in [-0.2, -0.15) is 0 Å². The summed E-state index contributed by atoms with van der Waals surface area (Å²) in [6, 6.07) is 13.0. The van der Waals surface area contributed by atoms with Crippen LogP contribution in [0.5, 0.6) is 0 Å². The van der Waals surface area contributed by atoms with Gasteiger partial charge in [-0.15, -0.1) is 5.10 Å². The fraction of sp³-hybridized carbons (Fsp3) is 0.458. The van der Waals surface area contributed by atoms with E-state index in [1.807, 2.05) is 4.52 Å². The van der Waals surface area contributed by atoms with Gasteiger partial charge < -0.3 is 15.4 Å². The highest BCUT2D eigenvalue weighted by Crippen LogP contribution is 2.62. The highest BCUT2D eigenvalue weighted by Gasteiger charge is 2.68. The summed E-state index contributed by atoms with van der Waals surface area (Å²) in [6.07, 6.45) is 4.35. The van der Waals surface area contributed by atoms with Gasteiger partial charge in [0.05, 0.1) is 23.9 Å². The number of ether oxygens (including phenoxy) is 1. The van der Waals surface area contributed by atoms with E-state index in [4.69, 9.17) is 20.6 Å². The molecule has 1 aromatic carbocycles. The second kappa shape index (κ2) is 6.07. The molecule has 7 rings (SSSR count). The zero-order chi connectivity index (χ0) is 21.4. The first-order chi connectivity index (χ1) is 14.8. The summed E-state index contributed by atoms with van der Waals surface area (Å²) in [6.45, 7) is 6.77. The lowest BCUT2D eigenvalue weighted by molar-refractivity contribution is -0.133. The third kappa shape index (κ3) is 2.59. The number of hydrogen-bond donors (Lipinski definition) is 1. The second-order valence-corrected chi connectivity index (χ2v) is 9.96. The first kappa shape index (κ1) is 18.8. The Bertz CT molecular complexity index is 1200. The number of carbonyl (C=O) groups is 1. The van der Waals surface area contributed by atoms with Crippen LogP contribution in [-0.4, -0.2) is 40.2 Å². The molecule has 0 unspecified atom stereocenters. The van der Waals surface area contributed by atoms with E-state index in [-0.39, 0.29) is 11.3 Å². The summed E-state index contributed by atoms with van der Waals surface area (Å²) in [4.78, 5) is 19.0. The van der Waals surface area contributed by atoms with Crippen LogP contribution >= 0.6 is 0 Å². The zero-order valence-electron chi connectivity index (χ0n) is 18.0. The summed E-state index contributed by atoms with van der Waals surface area (Å²) in [7, 11) is 0. The summed E-state index contributed by atoms with van der Waals surface area (Å²) in [5.41, 5.74) is 9.10. The predicted molar refractivity (Wildman–Crippen MR) is 117 cm³/mol. The number of primary amides is 1. The van der Waals surface area contributed by atoms with Crippen molar-refractivity contribution in [3.8, 4) is 0 Å². The molecule has 1 atom stereocenters. The minimum Gasteiger partial charge on any atom is -0.369 e. The van der Waals surface area contributed by atoms with Crippen molar-refractivity contribution in [2.75, 3.05) is 24.6 Å². The van der Waals surface area contributed by atoms with Crippen LogP contribution in [0.25, 0.3) is 5.65 Å². The Labute approximate surface area is 181 Å². The van der Waals surface area contributed by atoms with Crippen molar-refractivity contribution >= 4 is 17.2 Å². The van der Waals surface area contributed by atoms with Crippen LogP contribution in [-0.2, 0) is 20.5 Å². The zero-order valence-corrected chi connectivity index (χ0v) is 18.0. The first-order valence-corrected chi connectivity index (χ1v) is 10.9. The SMILES string of the molecule is Cc1cc(N2CC[C@](C)(c3ccccc3)C2)cn2nc(C34CC(C(N)=O)(CO3)C4)nc12. The third-order valence-electron chi connectivity index (χ3n) is 7.71. The molecule has 1 amide bonds. The number of amides is 1. The maximum Gasteiger partial charge on any atom is 0.226 e. The monoisotopic (exact) mass is 417 g/mol. The number of hydrogen-bond acceptors (Lipinski definition) is 5. The molecule has 31 heavy (non-hydrogen) atoms. The normalized spacial score (nSPS) is 31.9. The maximum atomic E-state index is 11.8. The van der Waals surface area contributed by atoms with Crippen molar-refractivity contribution in [1.29, 1.82) is 0 Å². The number of fused-ring (bicyclic) bond motifs is 2. The summed E-state index contributed by atoms with van der Waals surface area (Å²) >= 11 is 0. The Kier molecular flexibility index (Phi) is 3.68. The average molecular weight is 418 g/mol. The first-order valence-electron chi connectivity index (χ1n) is 10.9. The lowest BCUT2D eigenvalue weighted by Crippen LogP contribution is -2.50. The second-order valence-electron chi connectivity index (χ2n) is 9.96. The topological polar surface area (TPSA) is 85.8 Å². The predicted octanol–water partition coefficient (Wildman–Crippen LogP) is 2.70. The van der Waals surface area contributed by atoms with E-state index in [0.29, 0.717) is 25.3 Å². The molecule has 4 fully saturated rings. The fourth-order valence-electron chi connectivity index (χ4n) is 5.74. The van der Waals surface area contributed by atoms with Gasteiger partial charge in [-0.25, -0.2) is 9.50 Å². The van der Waals surface area contributed by atoms with E-state index in [0.717, 1.165) is 36.4 Å². The highest BCUT2D eigenvalue weighted by atomic mass is 16.5. The molecule has 0 radical (unpaired) electrons. The minimum atomic E-state index is -0.562. The number of aromatic nitrogens is 3. The summed E-state index contributed by atoms with van der Waals surface area (Å²) in [5, 5.41) is 4.78. The molecule has 7 heteroatoms. The van der Waals surface area contributed by atoms with Crippen LogP contribution in [0.15, 0.2) is 42.6 Å². The molecule has 160 valence electrons. The number of benzene rings is 1. The number of carbonyl (C=O) groups excluding carboxylic acids is 1. The third-order valence-corrected chi connectivity index (χ3v) is 7.71. The molecule has 3 aromatic rings. The molecule has 2 bridgehead atoms. The van der Waals surface area contributed by atoms with Crippen molar-refractivity contribution < 1.29 is 9.53 Å². The molecular weight excluding hydrogens is 390 g/mol. The standard InChI is InChI=1S/C24H27N5O2/c1-16-10-18(28-9-8-22(2,14-28)17-6-4-3-5-7-17)11-29-19(16)26-21(27-29)24-12-23(13-24,15-31-24)20(25)30/h3-7,10-11H,8-9,12-15H2,1-2H3,(H2,25,30)/t22-,23?,24?/m0/s1. The van der Waals surface area contributed by atoms with Crippen LogP contribution in [0.4, 0.5) is 5.69 Å². The van der Waals surface area contributed by atoms with Crippen molar-refractivity contribution in [2.24, 2.45) is 11.1 Å². The number of aryl methyl sites for hydroxylation is 1. The maximum absolute atomic E-state index is 11.8. The Morgan fingerprint density at radius 1 is 1.23 bits per heavy atom. The molecule has 1 saturated carbocycles. The lowest BCUT2D eigenvalue weighted by atomic mass is 9.62. The average Bonchev–Trinajstić information content (AvgIpc) is 3.49. The molecule has 2 N–H and O–H groups in total. The van der Waals surface area contributed by atoms with Gasteiger partial charge in [0.1, 0.15) is 5.60 Å². The van der Waals surface area contributed by atoms with Crippen molar-refractivity contribution in [2.45, 2.75) is 44.1 Å². The van der Waals surface area contributed by atoms with E-state index in [1.54, 1.807) is 0 Å². The molecular formula is C24H27N5O2. The molecule has 4 aliphatic rings. The van der Waals surface area contributed by atoms with Crippen LogP contribution in [0.1, 0.15) is 43.1 Å². The van der Waals surface area contributed by atoms with Gasteiger partial charge in [0.15, 0.2) is 11.5 Å². The van der Waals surface area contributed by atoms with Gasteiger partial charge in [-0.05, 0) is 30.5 Å². The van der Waals surface area contributed by atoms with Gasteiger partial charge >= 0.3 is 0 Å². The van der Waals surface area contributed by atoms with Gasteiger partial charge in [0, 0.05) is 31.3 Å². The van der Waals surface area contributed by atoms with E-state index in [2.05, 4.69) is 61.3 Å². The van der Waals surface area contributed by atoms with Gasteiger partial charge in [-0.1, -0.05) is 37.3 Å². The van der Waals surface area contributed by atoms with Gasteiger partial charge in [0.25, 0.3) is 0 Å². The van der Waals surface area contributed by atoms with E-state index in [1.165, 1.54) is 5.56 Å². The number of nitrogens with two attached hydrogens (primary N) is 1. The van der Waals surface area contributed by atoms with E-state index >= 15 is 0 Å². The number of anilines is 1. The minimum absolute atomic E-state index is 0.137. The molecule has 3 aliphatic heterocycles. The summed E-state index contributed by atoms with van der Waals surface area (Å²) in [5.74, 6) is 0.385. The largest absolute Gasteiger partial charge is 0.369 e. The molecule has 7 nitrogen and oxygen atoms in total. The molecule has 1 aliphatic carbocycles. The number of nitrogens with zero attached hydrogens (tertiary/aromatic N) is 4. The Morgan fingerprint density at radius 3 is 2.71 bits per heavy atom. The van der Waals surface area contributed by atoms with E-state index < -0.39 is 11.0 Å². The summed E-state index contributed by atoms with van der Waals surface area (Å²) < 4.78 is 7.87. The van der Waals surface area contributed by atoms with Crippen LogP contribution in [0.3, 0.4) is 0 Å². The van der Waals surface area contributed by atoms with E-state index in [9.17, 15) is 4.79 Å². The quantitative estimate of drug-likeness (QED) is 0.705. The van der Waals surface area contributed by atoms with Crippen molar-refractivity contribution in [1.82, 2.24) is 14.6 Å². The van der Waals surface area contributed by atoms with Crippen LogP contribution in [0, 0.1) is 12.3 Å². The molecule has 0 spiro atoms. The molecule has 3 saturated heterocycles. The van der Waals surface area contributed by atoms with Gasteiger partial charge in [0.2, 0.25) is 5.91 Å². The van der Waals surface area contributed by atoms with Crippen molar-refractivity contribution in [3.05, 3.63) is 59.5 Å². The molecule has 2 aromatic heterocycles. The van der Waals surface area contributed by atoms with Crippen LogP contribution < -0.4 is 10.6 Å². The van der Waals surface area contributed by atoms with Crippen LogP contribution in [0.2, 0.25) is 0 Å². The number of rotatable bonds is 4. The Hall–Kier alpha value is -2.93. The molecule has 5 heterocycles. The highest BCUT2D eigenvalue weighted by molar-refractivity contribution is 5.83. The van der Waals surface area contributed by atoms with Gasteiger partial charge in [-0.3, -0.25) is 4.79 Å². The lowest BCUT2D eigenvalue weighted by Gasteiger charge is -2.40. The fourth-order valence-corrected chi connectivity index (χ4v) is 5.74. The Morgan fingerprint density at radius 2 is 2.00 bits per heavy atom. The Balaban J connectivity index is 1.30. The smallest absolute Gasteiger partial charge is 0.226 e. The number of pyridine rings is 1. The van der Waals surface area contributed by atoms with Crippen molar-refractivity contribution in [3.63, 3.8) is 0 Å².